The lowest BCUT2D eigenvalue weighted by Gasteiger charge is -1.95. The number of benzene rings is 1. The van der Waals surface area contributed by atoms with Crippen LogP contribution in [0.25, 0.3) is 11.3 Å². The molecule has 2 N–H and O–H groups in total. The molecule has 0 atom stereocenters. The van der Waals surface area contributed by atoms with Crippen LogP contribution in [0.2, 0.25) is 0 Å². The molecule has 0 saturated carbocycles. The topological polar surface area (TPSA) is 38.9 Å². The predicted molar refractivity (Wildman–Crippen MR) is 59.7 cm³/mol. The van der Waals surface area contributed by atoms with Gasteiger partial charge in [0.1, 0.15) is 10.7 Å². The van der Waals surface area contributed by atoms with Crippen molar-refractivity contribution in [1.82, 2.24) is 4.37 Å². The Balaban J connectivity index is 2.53. The van der Waals surface area contributed by atoms with E-state index in [1.807, 2.05) is 30.3 Å². The van der Waals surface area contributed by atoms with Gasteiger partial charge in [0, 0.05) is 5.56 Å². The molecule has 0 amide bonds. The summed E-state index contributed by atoms with van der Waals surface area (Å²) in [6, 6.07) is 9.97. The first kappa shape index (κ1) is 8.72. The molecule has 0 radical (unpaired) electrons. The number of nitrogens with zero attached hydrogens (tertiary/aromatic N) is 1. The summed E-state index contributed by atoms with van der Waals surface area (Å²) in [6.45, 7) is 0. The summed E-state index contributed by atoms with van der Waals surface area (Å²) in [5.74, 6) is 0. The third-order valence-corrected chi connectivity index (χ3v) is 3.45. The van der Waals surface area contributed by atoms with Crippen LogP contribution in [0.3, 0.4) is 0 Å². The summed E-state index contributed by atoms with van der Waals surface area (Å²) >= 11 is 4.72. The molecule has 1 aromatic heterocycles. The van der Waals surface area contributed by atoms with Gasteiger partial charge in [-0.15, -0.1) is 0 Å². The average Bonchev–Trinajstić information content (AvgIpc) is 2.49. The standard InChI is InChI=1S/C9H7BrN2S/c10-7-8(12-13-9(7)11)6-4-2-1-3-5-6/h1-5H,11H2. The van der Waals surface area contributed by atoms with Gasteiger partial charge in [0.15, 0.2) is 0 Å². The summed E-state index contributed by atoms with van der Waals surface area (Å²) in [4.78, 5) is 0. The minimum Gasteiger partial charge on any atom is -0.388 e. The van der Waals surface area contributed by atoms with E-state index in [-0.39, 0.29) is 0 Å². The van der Waals surface area contributed by atoms with Crippen LogP contribution in [0.15, 0.2) is 34.8 Å². The molecule has 0 aliphatic carbocycles. The molecule has 1 aromatic carbocycles. The van der Waals surface area contributed by atoms with Gasteiger partial charge in [-0.2, -0.15) is 4.37 Å². The Bertz CT molecular complexity index is 411. The van der Waals surface area contributed by atoms with Crippen LogP contribution in [0.1, 0.15) is 0 Å². The van der Waals surface area contributed by atoms with Crippen LogP contribution in [-0.4, -0.2) is 4.37 Å². The van der Waals surface area contributed by atoms with E-state index in [1.54, 1.807) is 0 Å². The molecular formula is C9H7BrN2S. The molecular weight excluding hydrogens is 248 g/mol. The van der Waals surface area contributed by atoms with Crippen LogP contribution in [0.4, 0.5) is 5.00 Å². The van der Waals surface area contributed by atoms with E-state index in [2.05, 4.69) is 20.3 Å². The van der Waals surface area contributed by atoms with Gasteiger partial charge in [0.2, 0.25) is 0 Å². The molecule has 1 heterocycles. The van der Waals surface area contributed by atoms with E-state index in [4.69, 9.17) is 5.73 Å². The molecule has 0 aliphatic heterocycles. The highest BCUT2D eigenvalue weighted by molar-refractivity contribution is 9.10. The molecule has 2 nitrogen and oxygen atoms in total. The van der Waals surface area contributed by atoms with Crippen LogP contribution in [0, 0.1) is 0 Å². The number of aromatic nitrogens is 1. The van der Waals surface area contributed by atoms with E-state index in [1.165, 1.54) is 11.5 Å². The summed E-state index contributed by atoms with van der Waals surface area (Å²) in [5.41, 5.74) is 7.69. The zero-order valence-electron chi connectivity index (χ0n) is 6.70. The summed E-state index contributed by atoms with van der Waals surface area (Å²) in [6.07, 6.45) is 0. The summed E-state index contributed by atoms with van der Waals surface area (Å²) in [7, 11) is 0. The monoisotopic (exact) mass is 254 g/mol. The minimum atomic E-state index is 0.721. The number of halogens is 1. The second kappa shape index (κ2) is 3.47. The maximum absolute atomic E-state index is 5.69. The highest BCUT2D eigenvalue weighted by atomic mass is 79.9. The molecule has 13 heavy (non-hydrogen) atoms. The van der Waals surface area contributed by atoms with Crippen molar-refractivity contribution in [1.29, 1.82) is 0 Å². The maximum atomic E-state index is 5.69. The number of anilines is 1. The van der Waals surface area contributed by atoms with Crippen LogP contribution in [0.5, 0.6) is 0 Å². The molecule has 66 valence electrons. The van der Waals surface area contributed by atoms with Crippen molar-refractivity contribution < 1.29 is 0 Å². The SMILES string of the molecule is Nc1snc(-c2ccccc2)c1Br. The first-order valence-corrected chi connectivity index (χ1v) is 5.32. The number of hydrogen-bond donors (Lipinski definition) is 1. The average molecular weight is 255 g/mol. The van der Waals surface area contributed by atoms with Crippen LogP contribution >= 0.6 is 27.5 Å². The number of hydrogen-bond acceptors (Lipinski definition) is 3. The Morgan fingerprint density at radius 3 is 2.46 bits per heavy atom. The Hall–Kier alpha value is -0.870. The zero-order chi connectivity index (χ0) is 9.26. The largest absolute Gasteiger partial charge is 0.388 e. The number of nitrogen functional groups attached to an aromatic ring is 1. The fourth-order valence-electron chi connectivity index (χ4n) is 1.07. The minimum absolute atomic E-state index is 0.721. The van der Waals surface area contributed by atoms with Gasteiger partial charge in [0.25, 0.3) is 0 Å². The zero-order valence-corrected chi connectivity index (χ0v) is 9.10. The molecule has 4 heteroatoms. The number of nitrogens with two attached hydrogens (primary N) is 1. The van der Waals surface area contributed by atoms with Crippen LogP contribution < -0.4 is 5.73 Å². The Labute approximate surface area is 88.7 Å². The van der Waals surface area contributed by atoms with Gasteiger partial charge in [-0.1, -0.05) is 30.3 Å². The van der Waals surface area contributed by atoms with Gasteiger partial charge in [0.05, 0.1) is 4.47 Å². The van der Waals surface area contributed by atoms with Crippen molar-refractivity contribution in [2.24, 2.45) is 0 Å². The van der Waals surface area contributed by atoms with Crippen molar-refractivity contribution in [3.05, 3.63) is 34.8 Å². The Morgan fingerprint density at radius 1 is 1.23 bits per heavy atom. The smallest absolute Gasteiger partial charge is 0.121 e. The predicted octanol–water partition coefficient (Wildman–Crippen LogP) is 3.15. The molecule has 0 bridgehead atoms. The maximum Gasteiger partial charge on any atom is 0.121 e. The van der Waals surface area contributed by atoms with Crippen molar-refractivity contribution in [2.45, 2.75) is 0 Å². The lowest BCUT2D eigenvalue weighted by atomic mass is 10.2. The fourth-order valence-corrected chi connectivity index (χ4v) is 2.28. The Morgan fingerprint density at radius 2 is 1.92 bits per heavy atom. The summed E-state index contributed by atoms with van der Waals surface area (Å²) in [5, 5.41) is 0.721. The molecule has 0 aliphatic rings. The van der Waals surface area contributed by atoms with E-state index in [0.717, 1.165) is 20.7 Å². The fraction of sp³-hybridized carbons (Fsp3) is 0. The first-order valence-electron chi connectivity index (χ1n) is 3.75. The van der Waals surface area contributed by atoms with Crippen molar-refractivity contribution in [3.63, 3.8) is 0 Å². The lowest BCUT2D eigenvalue weighted by molar-refractivity contribution is 1.50. The second-order valence-electron chi connectivity index (χ2n) is 2.58. The van der Waals surface area contributed by atoms with Crippen LogP contribution in [-0.2, 0) is 0 Å². The highest BCUT2D eigenvalue weighted by Crippen LogP contribution is 2.34. The van der Waals surface area contributed by atoms with Crippen molar-refractivity contribution in [2.75, 3.05) is 5.73 Å². The molecule has 0 fully saturated rings. The first-order chi connectivity index (χ1) is 6.29. The quantitative estimate of drug-likeness (QED) is 0.850. The highest BCUT2D eigenvalue weighted by Gasteiger charge is 2.09. The van der Waals surface area contributed by atoms with E-state index in [9.17, 15) is 0 Å². The lowest BCUT2D eigenvalue weighted by Crippen LogP contribution is -1.80. The molecule has 0 unspecified atom stereocenters. The number of rotatable bonds is 1. The van der Waals surface area contributed by atoms with Gasteiger partial charge >= 0.3 is 0 Å². The molecule has 0 spiro atoms. The van der Waals surface area contributed by atoms with Gasteiger partial charge in [-0.3, -0.25) is 0 Å². The van der Waals surface area contributed by atoms with Crippen molar-refractivity contribution in [3.8, 4) is 11.3 Å². The molecule has 2 aromatic rings. The molecule has 0 saturated heterocycles. The van der Waals surface area contributed by atoms with Gasteiger partial charge in [-0.05, 0) is 27.5 Å². The normalized spacial score (nSPS) is 10.2. The van der Waals surface area contributed by atoms with E-state index in [0.29, 0.717) is 0 Å². The second-order valence-corrected chi connectivity index (χ2v) is 4.17. The van der Waals surface area contributed by atoms with Gasteiger partial charge < -0.3 is 5.73 Å². The Kier molecular flexibility index (Phi) is 2.33. The van der Waals surface area contributed by atoms with E-state index < -0.39 is 0 Å². The summed E-state index contributed by atoms with van der Waals surface area (Å²) < 4.78 is 5.15. The van der Waals surface area contributed by atoms with E-state index >= 15 is 0 Å². The third-order valence-electron chi connectivity index (χ3n) is 1.71. The van der Waals surface area contributed by atoms with Crippen molar-refractivity contribution >= 4 is 32.5 Å². The molecule has 2 rings (SSSR count). The third kappa shape index (κ3) is 1.59. The van der Waals surface area contributed by atoms with Gasteiger partial charge in [-0.25, -0.2) is 0 Å².